The fraction of sp³-hybridized carbons (Fsp3) is 0.188. The van der Waals surface area contributed by atoms with Gasteiger partial charge in [0, 0.05) is 18.2 Å². The van der Waals surface area contributed by atoms with Crippen LogP contribution in [0.25, 0.3) is 0 Å². The van der Waals surface area contributed by atoms with E-state index in [9.17, 15) is 4.79 Å². The molecule has 1 aromatic heterocycles. The van der Waals surface area contributed by atoms with Gasteiger partial charge in [-0.1, -0.05) is 6.92 Å². The second-order valence-electron chi connectivity index (χ2n) is 4.73. The van der Waals surface area contributed by atoms with E-state index in [0.717, 1.165) is 11.3 Å². The third-order valence-corrected chi connectivity index (χ3v) is 3.34. The van der Waals surface area contributed by atoms with Crippen LogP contribution in [0.3, 0.4) is 0 Å². The van der Waals surface area contributed by atoms with Gasteiger partial charge in [0.05, 0.1) is 7.11 Å². The van der Waals surface area contributed by atoms with Gasteiger partial charge in [-0.05, 0) is 36.4 Å². The lowest BCUT2D eigenvalue weighted by atomic mass is 10.2. The molecule has 1 aromatic carbocycles. The lowest BCUT2D eigenvalue weighted by molar-refractivity contribution is -0.118. The lowest BCUT2D eigenvalue weighted by Crippen LogP contribution is -2.48. The van der Waals surface area contributed by atoms with E-state index in [1.807, 2.05) is 37.3 Å². The highest BCUT2D eigenvalue weighted by Crippen LogP contribution is 2.29. The molecule has 112 valence electrons. The van der Waals surface area contributed by atoms with Crippen molar-refractivity contribution in [3.05, 3.63) is 48.2 Å². The first-order valence-electron chi connectivity index (χ1n) is 7.00. The summed E-state index contributed by atoms with van der Waals surface area (Å²) in [6.07, 6.45) is 2.02. The summed E-state index contributed by atoms with van der Waals surface area (Å²) in [7, 11) is 1.62. The molecule has 0 saturated heterocycles. The van der Waals surface area contributed by atoms with Gasteiger partial charge < -0.3 is 4.74 Å². The van der Waals surface area contributed by atoms with Gasteiger partial charge in [0.15, 0.2) is 11.7 Å². The largest absolute Gasteiger partial charge is 0.497 e. The van der Waals surface area contributed by atoms with Crippen molar-refractivity contribution < 1.29 is 9.53 Å². The van der Waals surface area contributed by atoms with E-state index < -0.39 is 0 Å². The van der Waals surface area contributed by atoms with Crippen molar-refractivity contribution in [3.63, 3.8) is 0 Å². The molecule has 2 aromatic rings. The van der Waals surface area contributed by atoms with Crippen molar-refractivity contribution in [2.45, 2.75) is 13.3 Å². The van der Waals surface area contributed by atoms with Crippen molar-refractivity contribution in [2.75, 3.05) is 12.1 Å². The number of pyridine rings is 1. The topological polar surface area (TPSA) is 66.8 Å². The number of hydrazine groups is 1. The number of nitrogens with one attached hydrogen (secondary N) is 1. The number of benzene rings is 1. The first-order chi connectivity index (χ1) is 10.7. The number of methoxy groups -OCH3 is 1. The van der Waals surface area contributed by atoms with Gasteiger partial charge in [-0.15, -0.1) is 0 Å². The molecule has 0 unspecified atom stereocenters. The Labute approximate surface area is 128 Å². The van der Waals surface area contributed by atoms with Gasteiger partial charge in [0.1, 0.15) is 11.4 Å². The van der Waals surface area contributed by atoms with E-state index in [1.54, 1.807) is 19.4 Å². The molecule has 1 aliphatic rings. The first-order valence-corrected chi connectivity index (χ1v) is 7.00. The standard InChI is InChI=1S/C16H16N4O2/c1-3-14(21)20-16-13(5-4-10-17-16)18-15(19-20)11-6-8-12(22-2)9-7-11/h4-10H,3H2,1-2H3,(H,18,19). The molecule has 0 bridgehead atoms. The number of hydrogen-bond acceptors (Lipinski definition) is 5. The first kappa shape index (κ1) is 14.1. The van der Waals surface area contributed by atoms with Crippen LogP contribution in [0, 0.1) is 0 Å². The highest BCUT2D eigenvalue weighted by molar-refractivity contribution is 6.08. The number of ether oxygens (including phenoxy) is 1. The van der Waals surface area contributed by atoms with Gasteiger partial charge in [0.2, 0.25) is 5.91 Å². The number of amides is 1. The molecule has 6 heteroatoms. The van der Waals surface area contributed by atoms with E-state index in [-0.39, 0.29) is 5.91 Å². The van der Waals surface area contributed by atoms with Gasteiger partial charge in [0.25, 0.3) is 0 Å². The molecule has 0 atom stereocenters. The summed E-state index contributed by atoms with van der Waals surface area (Å²) in [5, 5.41) is 1.45. The minimum Gasteiger partial charge on any atom is -0.497 e. The van der Waals surface area contributed by atoms with Gasteiger partial charge in [-0.25, -0.2) is 15.0 Å². The number of aromatic nitrogens is 1. The molecule has 0 aliphatic carbocycles. The van der Waals surface area contributed by atoms with Gasteiger partial charge in [-0.3, -0.25) is 10.2 Å². The van der Waals surface area contributed by atoms with Crippen LogP contribution >= 0.6 is 0 Å². The smallest absolute Gasteiger partial charge is 0.246 e. The average Bonchev–Trinajstić information content (AvgIpc) is 2.60. The number of amidine groups is 1. The maximum Gasteiger partial charge on any atom is 0.246 e. The summed E-state index contributed by atoms with van der Waals surface area (Å²) < 4.78 is 5.15. The van der Waals surface area contributed by atoms with E-state index in [1.165, 1.54) is 5.01 Å². The van der Waals surface area contributed by atoms with Crippen molar-refractivity contribution in [1.29, 1.82) is 0 Å². The predicted octanol–water partition coefficient (Wildman–Crippen LogP) is 2.43. The molecular formula is C16H16N4O2. The van der Waals surface area contributed by atoms with Crippen LogP contribution in [-0.4, -0.2) is 23.8 Å². The molecule has 1 N–H and O–H groups in total. The zero-order valence-electron chi connectivity index (χ0n) is 12.4. The summed E-state index contributed by atoms with van der Waals surface area (Å²) in [5.74, 6) is 1.82. The summed E-state index contributed by atoms with van der Waals surface area (Å²) in [6.45, 7) is 1.81. The number of hydrogen-bond donors (Lipinski definition) is 1. The quantitative estimate of drug-likeness (QED) is 0.944. The minimum atomic E-state index is -0.0686. The van der Waals surface area contributed by atoms with E-state index in [0.29, 0.717) is 23.8 Å². The van der Waals surface area contributed by atoms with E-state index in [4.69, 9.17) is 4.74 Å². The van der Waals surface area contributed by atoms with Crippen molar-refractivity contribution in [2.24, 2.45) is 4.99 Å². The molecule has 0 spiro atoms. The maximum absolute atomic E-state index is 12.2. The van der Waals surface area contributed by atoms with Crippen LogP contribution in [0.5, 0.6) is 5.75 Å². The molecule has 6 nitrogen and oxygen atoms in total. The Morgan fingerprint density at radius 1 is 1.27 bits per heavy atom. The average molecular weight is 296 g/mol. The van der Waals surface area contributed by atoms with Crippen LogP contribution in [0.15, 0.2) is 47.6 Å². The number of aliphatic imine (C=N–C) groups is 1. The number of anilines is 1. The van der Waals surface area contributed by atoms with Crippen molar-refractivity contribution >= 4 is 23.2 Å². The van der Waals surface area contributed by atoms with Crippen LogP contribution in [0.2, 0.25) is 0 Å². The van der Waals surface area contributed by atoms with E-state index in [2.05, 4.69) is 15.4 Å². The second kappa shape index (κ2) is 5.85. The Morgan fingerprint density at radius 3 is 2.73 bits per heavy atom. The summed E-state index contributed by atoms with van der Waals surface area (Å²) >= 11 is 0. The molecule has 0 saturated carbocycles. The van der Waals surface area contributed by atoms with Crippen molar-refractivity contribution in [3.8, 4) is 5.75 Å². The third-order valence-electron chi connectivity index (χ3n) is 3.34. The molecule has 22 heavy (non-hydrogen) atoms. The maximum atomic E-state index is 12.2. The summed E-state index contributed by atoms with van der Waals surface area (Å²) in [6, 6.07) is 11.1. The SMILES string of the molecule is CCC(=O)N1NC(c2ccc(OC)cc2)=Nc2cccnc21. The fourth-order valence-electron chi connectivity index (χ4n) is 2.17. The summed E-state index contributed by atoms with van der Waals surface area (Å²) in [5.41, 5.74) is 4.57. The van der Waals surface area contributed by atoms with Crippen LogP contribution in [0.4, 0.5) is 11.5 Å². The number of rotatable bonds is 3. The Balaban J connectivity index is 2.02. The van der Waals surface area contributed by atoms with Crippen LogP contribution in [-0.2, 0) is 4.79 Å². The number of carbonyl (C=O) groups is 1. The molecule has 1 amide bonds. The fourth-order valence-corrected chi connectivity index (χ4v) is 2.17. The third kappa shape index (κ3) is 2.50. The number of nitrogens with zero attached hydrogens (tertiary/aromatic N) is 3. The highest BCUT2D eigenvalue weighted by Gasteiger charge is 2.25. The van der Waals surface area contributed by atoms with Crippen LogP contribution < -0.4 is 15.2 Å². The molecule has 0 radical (unpaired) electrons. The predicted molar refractivity (Wildman–Crippen MR) is 84.3 cm³/mol. The number of fused-ring (bicyclic) bond motifs is 1. The molecule has 1 aliphatic heterocycles. The van der Waals surface area contributed by atoms with E-state index >= 15 is 0 Å². The molecule has 3 rings (SSSR count). The lowest BCUT2D eigenvalue weighted by Gasteiger charge is -2.28. The van der Waals surface area contributed by atoms with Crippen molar-refractivity contribution in [1.82, 2.24) is 10.4 Å². The minimum absolute atomic E-state index is 0.0686. The Kier molecular flexibility index (Phi) is 3.74. The molecule has 0 fully saturated rings. The Hall–Kier alpha value is -2.89. The van der Waals surface area contributed by atoms with Gasteiger partial charge >= 0.3 is 0 Å². The van der Waals surface area contributed by atoms with Crippen LogP contribution in [0.1, 0.15) is 18.9 Å². The number of carbonyl (C=O) groups excluding carboxylic acids is 1. The zero-order valence-corrected chi connectivity index (χ0v) is 12.4. The Bertz CT molecular complexity index is 725. The summed E-state index contributed by atoms with van der Waals surface area (Å²) in [4.78, 5) is 20.9. The van der Waals surface area contributed by atoms with Gasteiger partial charge in [-0.2, -0.15) is 0 Å². The normalized spacial score (nSPS) is 13.0. The highest BCUT2D eigenvalue weighted by atomic mass is 16.5. The molecular weight excluding hydrogens is 280 g/mol. The Morgan fingerprint density at radius 2 is 2.05 bits per heavy atom. The monoisotopic (exact) mass is 296 g/mol. The zero-order chi connectivity index (χ0) is 15.5. The molecule has 2 heterocycles. The second-order valence-corrected chi connectivity index (χ2v) is 4.73.